The van der Waals surface area contributed by atoms with Gasteiger partial charge in [-0.05, 0) is 44.4 Å². The highest BCUT2D eigenvalue weighted by Crippen LogP contribution is 2.28. The lowest BCUT2D eigenvalue weighted by Crippen LogP contribution is -2.35. The highest BCUT2D eigenvalue weighted by Gasteiger charge is 2.22. The van der Waals surface area contributed by atoms with Crippen molar-refractivity contribution in [1.29, 1.82) is 0 Å². The summed E-state index contributed by atoms with van der Waals surface area (Å²) in [6.07, 6.45) is 0.615. The molecule has 0 bridgehead atoms. The molecule has 0 saturated carbocycles. The van der Waals surface area contributed by atoms with E-state index in [0.717, 1.165) is 17.1 Å². The van der Waals surface area contributed by atoms with E-state index in [1.54, 1.807) is 33.1 Å². The van der Waals surface area contributed by atoms with Crippen LogP contribution in [-0.2, 0) is 22.6 Å². The number of fused-ring (bicyclic) bond motifs is 1. The normalized spacial score (nSPS) is 12.9. The Balaban J connectivity index is 1.81. The summed E-state index contributed by atoms with van der Waals surface area (Å²) in [4.78, 5) is 35.5. The minimum atomic E-state index is -0.717. The number of carbonyl (C=O) groups excluding carboxylic acids is 1. The van der Waals surface area contributed by atoms with E-state index in [1.165, 1.54) is 0 Å². The summed E-state index contributed by atoms with van der Waals surface area (Å²) in [6, 6.07) is 3.65. The summed E-state index contributed by atoms with van der Waals surface area (Å²) in [5.74, 6) is 1.08. The van der Waals surface area contributed by atoms with E-state index in [9.17, 15) is 14.7 Å². The summed E-state index contributed by atoms with van der Waals surface area (Å²) >= 11 is 1.15. The van der Waals surface area contributed by atoms with Gasteiger partial charge in [0, 0.05) is 13.2 Å². The Morgan fingerprint density at radius 2 is 2.03 bits per heavy atom. The average Bonchev–Trinajstić information content (AvgIpc) is 3.35. The lowest BCUT2D eigenvalue weighted by atomic mass is 10.2. The molecule has 0 radical (unpaired) electrons. The molecule has 34 heavy (non-hydrogen) atoms. The van der Waals surface area contributed by atoms with Gasteiger partial charge in [0.15, 0.2) is 0 Å². The van der Waals surface area contributed by atoms with Gasteiger partial charge in [0.25, 0.3) is 5.56 Å². The molecule has 0 spiro atoms. The third-order valence-corrected chi connectivity index (χ3v) is 6.11. The topological polar surface area (TPSA) is 118 Å². The lowest BCUT2D eigenvalue weighted by molar-refractivity contribution is 0.00421. The summed E-state index contributed by atoms with van der Waals surface area (Å²) < 4.78 is 16.3. The molecule has 0 fully saturated rings. The number of aryl methyl sites for hydroxylation is 1. The first kappa shape index (κ1) is 26.1. The molecule has 1 atom stereocenters. The van der Waals surface area contributed by atoms with Crippen molar-refractivity contribution in [2.75, 3.05) is 19.8 Å². The zero-order valence-corrected chi connectivity index (χ0v) is 21.1. The molecule has 2 N–H and O–H groups in total. The van der Waals surface area contributed by atoms with Crippen LogP contribution in [0.3, 0.4) is 0 Å². The van der Waals surface area contributed by atoms with Crippen molar-refractivity contribution < 1.29 is 23.8 Å². The highest BCUT2D eigenvalue weighted by atomic mass is 32.1. The molecular formula is C24H33N3O6S. The molecule has 0 aliphatic heterocycles. The number of H-pyrrole nitrogens is 1. The number of aromatic amines is 1. The van der Waals surface area contributed by atoms with E-state index in [2.05, 4.69) is 9.97 Å². The first-order valence-electron chi connectivity index (χ1n) is 11.4. The van der Waals surface area contributed by atoms with E-state index < -0.39 is 12.1 Å². The van der Waals surface area contributed by atoms with Crippen molar-refractivity contribution in [2.45, 2.75) is 59.9 Å². The predicted molar refractivity (Wildman–Crippen MR) is 130 cm³/mol. The number of aromatic nitrogens is 2. The van der Waals surface area contributed by atoms with E-state index in [1.807, 2.05) is 24.8 Å². The number of thiophene rings is 1. The number of ether oxygens (including phenoxy) is 2. The van der Waals surface area contributed by atoms with Gasteiger partial charge in [-0.2, -0.15) is 0 Å². The average molecular weight is 492 g/mol. The van der Waals surface area contributed by atoms with Gasteiger partial charge in [-0.3, -0.25) is 9.69 Å². The number of carbonyl (C=O) groups is 1. The predicted octanol–water partition coefficient (Wildman–Crippen LogP) is 3.49. The molecule has 3 heterocycles. The molecule has 10 heteroatoms. The van der Waals surface area contributed by atoms with Crippen LogP contribution in [0.5, 0.6) is 0 Å². The number of aliphatic hydroxyl groups is 1. The van der Waals surface area contributed by atoms with Gasteiger partial charge < -0.3 is 24.0 Å². The number of esters is 1. The molecule has 3 aromatic heterocycles. The van der Waals surface area contributed by atoms with Crippen LogP contribution in [0.4, 0.5) is 0 Å². The van der Waals surface area contributed by atoms with Crippen molar-refractivity contribution in [1.82, 2.24) is 14.9 Å². The third-order valence-electron chi connectivity index (χ3n) is 4.94. The fraction of sp³-hybridized carbons (Fsp3) is 0.542. The van der Waals surface area contributed by atoms with Crippen LogP contribution in [-0.4, -0.2) is 57.9 Å². The largest absolute Gasteiger partial charge is 0.468 e. The number of nitrogens with zero attached hydrogens (tertiary/aromatic N) is 2. The Morgan fingerprint density at radius 1 is 1.26 bits per heavy atom. The van der Waals surface area contributed by atoms with Gasteiger partial charge in [-0.15, -0.1) is 11.3 Å². The lowest BCUT2D eigenvalue weighted by Gasteiger charge is -2.24. The molecular weight excluding hydrogens is 458 g/mol. The van der Waals surface area contributed by atoms with Crippen LogP contribution in [0.25, 0.3) is 10.2 Å². The van der Waals surface area contributed by atoms with Gasteiger partial charge in [0.1, 0.15) is 21.3 Å². The summed E-state index contributed by atoms with van der Waals surface area (Å²) in [5.41, 5.74) is 0.257. The third kappa shape index (κ3) is 6.99. The smallest absolute Gasteiger partial charge is 0.348 e. The minimum Gasteiger partial charge on any atom is -0.468 e. The Morgan fingerprint density at radius 3 is 2.68 bits per heavy atom. The number of aliphatic hydroxyl groups excluding tert-OH is 1. The van der Waals surface area contributed by atoms with Crippen molar-refractivity contribution in [2.24, 2.45) is 5.92 Å². The zero-order chi connectivity index (χ0) is 24.8. The Bertz CT molecular complexity index is 1140. The molecule has 0 saturated heterocycles. The van der Waals surface area contributed by atoms with Crippen LogP contribution in [0.1, 0.15) is 54.5 Å². The van der Waals surface area contributed by atoms with Crippen molar-refractivity contribution in [3.63, 3.8) is 0 Å². The van der Waals surface area contributed by atoms with Gasteiger partial charge >= 0.3 is 5.97 Å². The van der Waals surface area contributed by atoms with E-state index in [-0.39, 0.29) is 24.8 Å². The first-order valence-corrected chi connectivity index (χ1v) is 12.2. The van der Waals surface area contributed by atoms with Crippen LogP contribution >= 0.6 is 11.3 Å². The second kappa shape index (κ2) is 11.7. The highest BCUT2D eigenvalue weighted by molar-refractivity contribution is 7.20. The van der Waals surface area contributed by atoms with Gasteiger partial charge in [-0.25, -0.2) is 9.78 Å². The molecule has 0 aliphatic rings. The Hall–Kier alpha value is -2.53. The van der Waals surface area contributed by atoms with Crippen molar-refractivity contribution >= 4 is 27.5 Å². The number of furan rings is 1. The fourth-order valence-corrected chi connectivity index (χ4v) is 4.62. The number of nitrogens with one attached hydrogen (secondary N) is 1. The number of hydrogen-bond acceptors (Lipinski definition) is 9. The van der Waals surface area contributed by atoms with E-state index >= 15 is 0 Å². The van der Waals surface area contributed by atoms with Crippen LogP contribution in [0.2, 0.25) is 0 Å². The summed E-state index contributed by atoms with van der Waals surface area (Å²) in [6.45, 7) is 11.2. The summed E-state index contributed by atoms with van der Waals surface area (Å²) in [5, 5.41) is 10.9. The maximum absolute atomic E-state index is 12.9. The maximum atomic E-state index is 12.9. The maximum Gasteiger partial charge on any atom is 0.348 e. The second-order valence-electron chi connectivity index (χ2n) is 9.04. The van der Waals surface area contributed by atoms with E-state index in [4.69, 9.17) is 13.9 Å². The van der Waals surface area contributed by atoms with Gasteiger partial charge in [0.2, 0.25) is 0 Å². The number of rotatable bonds is 12. The van der Waals surface area contributed by atoms with Crippen LogP contribution in [0.15, 0.2) is 27.6 Å². The molecule has 3 aromatic rings. The summed E-state index contributed by atoms with van der Waals surface area (Å²) in [7, 11) is 0. The fourth-order valence-electron chi connectivity index (χ4n) is 3.54. The van der Waals surface area contributed by atoms with Crippen LogP contribution < -0.4 is 5.56 Å². The number of hydrogen-bond donors (Lipinski definition) is 2. The van der Waals surface area contributed by atoms with Crippen molar-refractivity contribution in [3.05, 3.63) is 50.8 Å². The molecule has 0 amide bonds. The standard InChI is InChI=1S/C24H33N3O6S/c1-14(2)12-31-13-17(28)9-27(10-18-7-6-8-32-18)11-19-25-22(29)20-16(5)21(34-23(20)26-19)24(30)33-15(3)4/h6-8,14-15,17,28H,9-13H2,1-5H3,(H,25,26,29). The first-order chi connectivity index (χ1) is 16.1. The molecule has 0 aliphatic carbocycles. The van der Waals surface area contributed by atoms with Gasteiger partial charge in [0.05, 0.1) is 43.6 Å². The van der Waals surface area contributed by atoms with Crippen molar-refractivity contribution in [3.8, 4) is 0 Å². The quantitative estimate of drug-likeness (QED) is 0.370. The van der Waals surface area contributed by atoms with Gasteiger partial charge in [-0.1, -0.05) is 13.8 Å². The molecule has 3 rings (SSSR count). The molecule has 1 unspecified atom stereocenters. The second-order valence-corrected chi connectivity index (χ2v) is 10.0. The molecule has 9 nitrogen and oxygen atoms in total. The molecule has 0 aromatic carbocycles. The SMILES string of the molecule is Cc1c(C(=O)OC(C)C)sc2nc(CN(Cc3ccco3)CC(O)COCC(C)C)[nH]c(=O)c12. The van der Waals surface area contributed by atoms with Crippen LogP contribution in [0, 0.1) is 12.8 Å². The Kier molecular flexibility index (Phi) is 9.01. The monoisotopic (exact) mass is 491 g/mol. The Labute approximate surface area is 202 Å². The molecule has 186 valence electrons. The van der Waals surface area contributed by atoms with E-state index in [0.29, 0.717) is 52.1 Å². The minimum absolute atomic E-state index is 0.210. The zero-order valence-electron chi connectivity index (χ0n) is 20.3.